The Morgan fingerprint density at radius 2 is 2.00 bits per heavy atom. The maximum atomic E-state index is 13.1. The summed E-state index contributed by atoms with van der Waals surface area (Å²) < 4.78 is 0. The summed E-state index contributed by atoms with van der Waals surface area (Å²) in [7, 11) is 0. The molecule has 0 spiro atoms. The number of Topliss-reactive ketones (excluding diaryl/α,β-unsaturated/α-hetero) is 1. The molecular formula is C22H25ClN2O3S. The molecule has 0 aliphatic carbocycles. The van der Waals surface area contributed by atoms with Crippen LogP contribution in [0.5, 0.6) is 0 Å². The number of ketones is 1. The third kappa shape index (κ3) is 4.55. The minimum Gasteiger partial charge on any atom is -0.503 e. The highest BCUT2D eigenvalue weighted by Crippen LogP contribution is 2.40. The molecular weight excluding hydrogens is 408 g/mol. The average Bonchev–Trinajstić information content (AvgIpc) is 3.33. The van der Waals surface area contributed by atoms with Crippen LogP contribution in [-0.2, 0) is 4.79 Å². The van der Waals surface area contributed by atoms with Crippen molar-refractivity contribution >= 4 is 34.6 Å². The molecule has 5 nitrogen and oxygen atoms in total. The number of thiophene rings is 1. The minimum absolute atomic E-state index is 0.127. The lowest BCUT2D eigenvalue weighted by Gasteiger charge is -2.28. The van der Waals surface area contributed by atoms with Gasteiger partial charge in [-0.25, -0.2) is 0 Å². The van der Waals surface area contributed by atoms with Gasteiger partial charge in [0.2, 0.25) is 5.78 Å². The van der Waals surface area contributed by atoms with Gasteiger partial charge in [-0.3, -0.25) is 9.59 Å². The van der Waals surface area contributed by atoms with Crippen molar-refractivity contribution in [1.29, 1.82) is 0 Å². The summed E-state index contributed by atoms with van der Waals surface area (Å²) in [5.41, 5.74) is 0.847. The molecule has 0 fully saturated rings. The molecule has 1 aromatic carbocycles. The van der Waals surface area contributed by atoms with Gasteiger partial charge in [0.1, 0.15) is 0 Å². The predicted octanol–water partition coefficient (Wildman–Crippen LogP) is 4.71. The number of rotatable bonds is 9. The summed E-state index contributed by atoms with van der Waals surface area (Å²) in [6.45, 7) is 7.36. The fraction of sp³-hybridized carbons (Fsp3) is 0.364. The van der Waals surface area contributed by atoms with Gasteiger partial charge in [-0.05, 0) is 55.2 Å². The molecule has 2 heterocycles. The molecule has 0 radical (unpaired) electrons. The zero-order valence-electron chi connectivity index (χ0n) is 16.6. The number of hydrogen-bond donors (Lipinski definition) is 1. The van der Waals surface area contributed by atoms with E-state index in [4.69, 9.17) is 11.6 Å². The Morgan fingerprint density at radius 3 is 2.62 bits per heavy atom. The Hall–Kier alpha value is -2.15. The van der Waals surface area contributed by atoms with Crippen molar-refractivity contribution in [3.63, 3.8) is 0 Å². The van der Waals surface area contributed by atoms with E-state index in [-0.39, 0.29) is 11.4 Å². The fourth-order valence-electron chi connectivity index (χ4n) is 3.68. The summed E-state index contributed by atoms with van der Waals surface area (Å²) in [6, 6.07) is 9.96. The second-order valence-electron chi connectivity index (χ2n) is 6.91. The number of halogens is 1. The number of aliphatic hydroxyl groups excluding tert-OH is 1. The van der Waals surface area contributed by atoms with E-state index < -0.39 is 17.7 Å². The van der Waals surface area contributed by atoms with Crippen molar-refractivity contribution in [2.24, 2.45) is 0 Å². The molecule has 3 rings (SSSR count). The lowest BCUT2D eigenvalue weighted by molar-refractivity contribution is -0.129. The van der Waals surface area contributed by atoms with Gasteiger partial charge in [-0.15, -0.1) is 11.3 Å². The van der Waals surface area contributed by atoms with Crippen LogP contribution in [0.2, 0.25) is 5.02 Å². The van der Waals surface area contributed by atoms with Gasteiger partial charge in [0, 0.05) is 11.6 Å². The predicted molar refractivity (Wildman–Crippen MR) is 117 cm³/mol. The minimum atomic E-state index is -0.646. The molecule has 2 aromatic rings. The Bertz CT molecular complexity index is 907. The quantitative estimate of drug-likeness (QED) is 0.583. The first-order valence-corrected chi connectivity index (χ1v) is 11.0. The highest BCUT2D eigenvalue weighted by atomic mass is 35.5. The van der Waals surface area contributed by atoms with Gasteiger partial charge < -0.3 is 14.9 Å². The molecule has 1 amide bonds. The Balaban J connectivity index is 1.94. The zero-order chi connectivity index (χ0) is 21.0. The van der Waals surface area contributed by atoms with Crippen molar-refractivity contribution in [2.75, 3.05) is 26.2 Å². The van der Waals surface area contributed by atoms with Gasteiger partial charge >= 0.3 is 0 Å². The zero-order valence-corrected chi connectivity index (χ0v) is 18.2. The number of carbonyl (C=O) groups is 2. The Kier molecular flexibility index (Phi) is 7.11. The van der Waals surface area contributed by atoms with E-state index in [0.29, 0.717) is 16.4 Å². The number of hydrogen-bond acceptors (Lipinski definition) is 5. The van der Waals surface area contributed by atoms with Gasteiger partial charge in [0.15, 0.2) is 5.76 Å². The van der Waals surface area contributed by atoms with Crippen LogP contribution in [0.1, 0.15) is 41.5 Å². The Morgan fingerprint density at radius 1 is 1.24 bits per heavy atom. The lowest BCUT2D eigenvalue weighted by Crippen LogP contribution is -2.34. The van der Waals surface area contributed by atoms with Crippen LogP contribution in [-0.4, -0.2) is 52.8 Å². The van der Waals surface area contributed by atoms with Crippen molar-refractivity contribution in [3.05, 3.63) is 68.6 Å². The molecule has 1 unspecified atom stereocenters. The fourth-order valence-corrected chi connectivity index (χ4v) is 4.56. The molecule has 29 heavy (non-hydrogen) atoms. The Labute approximate surface area is 180 Å². The van der Waals surface area contributed by atoms with Crippen molar-refractivity contribution in [1.82, 2.24) is 9.80 Å². The van der Waals surface area contributed by atoms with E-state index in [1.807, 2.05) is 6.07 Å². The monoisotopic (exact) mass is 432 g/mol. The van der Waals surface area contributed by atoms with E-state index in [2.05, 4.69) is 18.7 Å². The SMILES string of the molecule is CCN(CC)CCCN1C(=O)C(O)=C(C(=O)c2cccs2)C1c1cccc(Cl)c1. The summed E-state index contributed by atoms with van der Waals surface area (Å²) >= 11 is 7.48. The van der Waals surface area contributed by atoms with E-state index in [0.717, 1.165) is 31.6 Å². The molecule has 0 saturated heterocycles. The lowest BCUT2D eigenvalue weighted by atomic mass is 9.95. The molecule has 1 aliphatic heterocycles. The standard InChI is InChI=1S/C22H25ClN2O3S/c1-3-24(4-2)11-7-12-25-19(15-8-5-9-16(23)14-15)18(21(27)22(25)28)20(26)17-10-6-13-29-17/h5-6,8-10,13-14,19,27H,3-4,7,11-12H2,1-2H3. The van der Waals surface area contributed by atoms with Crippen LogP contribution < -0.4 is 0 Å². The third-order valence-corrected chi connectivity index (χ3v) is 6.33. The second kappa shape index (κ2) is 9.57. The van der Waals surface area contributed by atoms with Crippen LogP contribution in [0.3, 0.4) is 0 Å². The van der Waals surface area contributed by atoms with Crippen LogP contribution in [0.15, 0.2) is 53.1 Å². The molecule has 1 atom stereocenters. The topological polar surface area (TPSA) is 60.9 Å². The van der Waals surface area contributed by atoms with Crippen LogP contribution in [0.4, 0.5) is 0 Å². The molecule has 154 valence electrons. The molecule has 1 aliphatic rings. The van der Waals surface area contributed by atoms with Crippen molar-refractivity contribution < 1.29 is 14.7 Å². The first-order chi connectivity index (χ1) is 14.0. The molecule has 0 saturated carbocycles. The molecule has 1 aromatic heterocycles. The van der Waals surface area contributed by atoms with Gasteiger partial charge in [0.25, 0.3) is 5.91 Å². The van der Waals surface area contributed by atoms with E-state index in [1.165, 1.54) is 11.3 Å². The van der Waals surface area contributed by atoms with E-state index in [1.54, 1.807) is 40.6 Å². The number of carbonyl (C=O) groups excluding carboxylic acids is 2. The molecule has 1 N–H and O–H groups in total. The largest absolute Gasteiger partial charge is 0.503 e. The number of benzene rings is 1. The van der Waals surface area contributed by atoms with E-state index >= 15 is 0 Å². The summed E-state index contributed by atoms with van der Waals surface area (Å²) in [5, 5.41) is 13.0. The summed E-state index contributed by atoms with van der Waals surface area (Å²) in [5.74, 6) is -1.28. The number of amides is 1. The van der Waals surface area contributed by atoms with Gasteiger partial charge in [-0.2, -0.15) is 0 Å². The van der Waals surface area contributed by atoms with Crippen LogP contribution >= 0.6 is 22.9 Å². The van der Waals surface area contributed by atoms with Crippen LogP contribution in [0, 0.1) is 0 Å². The summed E-state index contributed by atoms with van der Waals surface area (Å²) in [4.78, 5) is 30.4. The highest BCUT2D eigenvalue weighted by Gasteiger charge is 2.43. The highest BCUT2D eigenvalue weighted by molar-refractivity contribution is 7.12. The molecule has 7 heteroatoms. The third-order valence-electron chi connectivity index (χ3n) is 5.23. The van der Waals surface area contributed by atoms with Gasteiger partial charge in [-0.1, -0.05) is 43.6 Å². The van der Waals surface area contributed by atoms with Crippen LogP contribution in [0.25, 0.3) is 0 Å². The van der Waals surface area contributed by atoms with Crippen molar-refractivity contribution in [3.8, 4) is 0 Å². The number of nitrogens with zero attached hydrogens (tertiary/aromatic N) is 2. The maximum Gasteiger partial charge on any atom is 0.290 e. The average molecular weight is 433 g/mol. The second-order valence-corrected chi connectivity index (χ2v) is 8.29. The maximum absolute atomic E-state index is 13.1. The molecule has 0 bridgehead atoms. The normalized spacial score (nSPS) is 16.9. The first-order valence-electron chi connectivity index (χ1n) is 9.78. The van der Waals surface area contributed by atoms with E-state index in [9.17, 15) is 14.7 Å². The summed E-state index contributed by atoms with van der Waals surface area (Å²) in [6.07, 6.45) is 0.748. The van der Waals surface area contributed by atoms with Gasteiger partial charge in [0.05, 0.1) is 16.5 Å². The smallest absolute Gasteiger partial charge is 0.290 e. The first kappa shape index (κ1) is 21.6. The number of aliphatic hydroxyl groups is 1. The van der Waals surface area contributed by atoms with Crippen molar-refractivity contribution in [2.45, 2.75) is 26.3 Å².